The molecule has 0 heterocycles. The molecule has 23 heavy (non-hydrogen) atoms. The maximum Gasteiger partial charge on any atom is 0.243 e. The summed E-state index contributed by atoms with van der Waals surface area (Å²) in [4.78, 5) is 17.2. The van der Waals surface area contributed by atoms with Gasteiger partial charge >= 0.3 is 0 Å². The van der Waals surface area contributed by atoms with Gasteiger partial charge in [0.05, 0.1) is 0 Å². The minimum absolute atomic E-state index is 0. The van der Waals surface area contributed by atoms with Crippen LogP contribution in [0.2, 0.25) is 0 Å². The normalized spacial score (nSPS) is 11.6. The van der Waals surface area contributed by atoms with E-state index in [-0.39, 0.29) is 36.8 Å². The smallest absolute Gasteiger partial charge is 0.243 e. The van der Waals surface area contributed by atoms with Crippen molar-refractivity contribution in [3.63, 3.8) is 0 Å². The van der Waals surface area contributed by atoms with Crippen molar-refractivity contribution in [3.8, 4) is 0 Å². The van der Waals surface area contributed by atoms with Crippen molar-refractivity contribution in [1.82, 2.24) is 9.80 Å². The van der Waals surface area contributed by atoms with Crippen LogP contribution in [0.4, 0.5) is 5.69 Å². The lowest BCUT2D eigenvalue weighted by Crippen LogP contribution is -2.50. The molecule has 0 spiro atoms. The van der Waals surface area contributed by atoms with Crippen molar-refractivity contribution in [3.05, 3.63) is 30.3 Å². The van der Waals surface area contributed by atoms with Crippen LogP contribution < -0.4 is 5.32 Å². The van der Waals surface area contributed by atoms with Gasteiger partial charge in [0.2, 0.25) is 5.91 Å². The summed E-state index contributed by atoms with van der Waals surface area (Å²) in [7, 11) is 0. The SMILES string of the molecule is CCN(CC)CC(C(=O)Nc1ccccc1)N(CC)CC.Cl.Cl. The summed E-state index contributed by atoms with van der Waals surface area (Å²) in [6, 6.07) is 9.57. The molecule has 4 nitrogen and oxygen atoms in total. The van der Waals surface area contributed by atoms with Crippen molar-refractivity contribution in [2.45, 2.75) is 33.7 Å². The molecule has 1 aromatic carbocycles. The highest BCUT2D eigenvalue weighted by Crippen LogP contribution is 2.09. The monoisotopic (exact) mass is 363 g/mol. The largest absolute Gasteiger partial charge is 0.325 e. The highest BCUT2D eigenvalue weighted by Gasteiger charge is 2.25. The first-order valence-corrected chi connectivity index (χ1v) is 7.98. The standard InChI is InChI=1S/C17H29N3O.2ClH/c1-5-19(6-2)14-16(20(7-3)8-4)17(21)18-15-12-10-9-11-13-15;;/h9-13,16H,5-8,14H2,1-4H3,(H,18,21);2*1H. The molecule has 1 aromatic rings. The number of carbonyl (C=O) groups excluding carboxylic acids is 1. The molecule has 134 valence electrons. The van der Waals surface area contributed by atoms with E-state index in [1.54, 1.807) is 0 Å². The van der Waals surface area contributed by atoms with Crippen LogP contribution in [0.3, 0.4) is 0 Å². The van der Waals surface area contributed by atoms with Gasteiger partial charge in [-0.15, -0.1) is 24.8 Å². The summed E-state index contributed by atoms with van der Waals surface area (Å²) in [6.07, 6.45) is 0. The average Bonchev–Trinajstić information content (AvgIpc) is 2.52. The van der Waals surface area contributed by atoms with Crippen LogP contribution in [-0.4, -0.2) is 54.5 Å². The van der Waals surface area contributed by atoms with E-state index in [9.17, 15) is 4.79 Å². The second-order valence-corrected chi connectivity index (χ2v) is 5.08. The number of para-hydroxylation sites is 1. The molecular formula is C17H31Cl2N3O. The number of hydrogen-bond donors (Lipinski definition) is 1. The molecule has 0 aliphatic heterocycles. The number of likely N-dealkylation sites (N-methyl/N-ethyl adjacent to an activating group) is 2. The Bertz CT molecular complexity index is 410. The number of benzene rings is 1. The van der Waals surface area contributed by atoms with Gasteiger partial charge in [0.15, 0.2) is 0 Å². The molecule has 1 unspecified atom stereocenters. The summed E-state index contributed by atoms with van der Waals surface area (Å²) >= 11 is 0. The van der Waals surface area contributed by atoms with Crippen molar-refractivity contribution < 1.29 is 4.79 Å². The average molecular weight is 364 g/mol. The Labute approximate surface area is 153 Å². The molecule has 0 fully saturated rings. The second kappa shape index (κ2) is 13.6. The van der Waals surface area contributed by atoms with Crippen LogP contribution in [0.15, 0.2) is 30.3 Å². The van der Waals surface area contributed by atoms with Gasteiger partial charge in [-0.2, -0.15) is 0 Å². The van der Waals surface area contributed by atoms with Gasteiger partial charge in [-0.3, -0.25) is 9.69 Å². The number of amides is 1. The molecular weight excluding hydrogens is 333 g/mol. The predicted octanol–water partition coefficient (Wildman–Crippen LogP) is 3.52. The first-order chi connectivity index (χ1) is 10.2. The number of anilines is 1. The van der Waals surface area contributed by atoms with E-state index in [0.29, 0.717) is 0 Å². The maximum absolute atomic E-state index is 12.7. The maximum atomic E-state index is 12.7. The van der Waals surface area contributed by atoms with Gasteiger partial charge in [0, 0.05) is 12.2 Å². The Kier molecular flexibility index (Phi) is 14.5. The van der Waals surface area contributed by atoms with E-state index < -0.39 is 0 Å². The lowest BCUT2D eigenvalue weighted by molar-refractivity contribution is -0.121. The minimum Gasteiger partial charge on any atom is -0.325 e. The quantitative estimate of drug-likeness (QED) is 0.728. The first kappa shape index (κ1) is 24.4. The molecule has 1 N–H and O–H groups in total. The summed E-state index contributed by atoms with van der Waals surface area (Å²) in [5.41, 5.74) is 0.860. The van der Waals surface area contributed by atoms with Crippen LogP contribution in [0.1, 0.15) is 27.7 Å². The summed E-state index contributed by atoms with van der Waals surface area (Å²) < 4.78 is 0. The molecule has 0 saturated carbocycles. The van der Waals surface area contributed by atoms with Crippen molar-refractivity contribution in [2.24, 2.45) is 0 Å². The topological polar surface area (TPSA) is 35.6 Å². The second-order valence-electron chi connectivity index (χ2n) is 5.08. The molecule has 0 bridgehead atoms. The Hall–Kier alpha value is -0.810. The summed E-state index contributed by atoms with van der Waals surface area (Å²) in [6.45, 7) is 12.9. The van der Waals surface area contributed by atoms with Gasteiger partial charge in [0.1, 0.15) is 6.04 Å². The zero-order chi connectivity index (χ0) is 15.7. The van der Waals surface area contributed by atoms with Gasteiger partial charge in [0.25, 0.3) is 0 Å². The zero-order valence-electron chi connectivity index (χ0n) is 14.6. The molecule has 1 atom stereocenters. The van der Waals surface area contributed by atoms with Crippen molar-refractivity contribution >= 4 is 36.4 Å². The third kappa shape index (κ3) is 8.02. The zero-order valence-corrected chi connectivity index (χ0v) is 16.3. The minimum atomic E-state index is -0.111. The summed E-state index contributed by atoms with van der Waals surface area (Å²) in [5, 5.41) is 3.04. The Morgan fingerprint density at radius 3 is 1.91 bits per heavy atom. The van der Waals surface area contributed by atoms with Crippen LogP contribution >= 0.6 is 24.8 Å². The van der Waals surface area contributed by atoms with E-state index in [4.69, 9.17) is 0 Å². The van der Waals surface area contributed by atoms with E-state index in [1.165, 1.54) is 0 Å². The lowest BCUT2D eigenvalue weighted by atomic mass is 10.2. The van der Waals surface area contributed by atoms with Gasteiger partial charge < -0.3 is 10.2 Å². The van der Waals surface area contributed by atoms with E-state index in [2.05, 4.69) is 42.8 Å². The highest BCUT2D eigenvalue weighted by molar-refractivity contribution is 5.95. The third-order valence-electron chi connectivity index (χ3n) is 3.92. The Morgan fingerprint density at radius 2 is 1.48 bits per heavy atom. The fourth-order valence-electron chi connectivity index (χ4n) is 2.50. The fraction of sp³-hybridized carbons (Fsp3) is 0.588. The molecule has 6 heteroatoms. The van der Waals surface area contributed by atoms with Crippen molar-refractivity contribution in [2.75, 3.05) is 38.0 Å². The van der Waals surface area contributed by atoms with Crippen LogP contribution in [0.5, 0.6) is 0 Å². The van der Waals surface area contributed by atoms with Gasteiger partial charge in [-0.05, 0) is 38.3 Å². The fourth-order valence-corrected chi connectivity index (χ4v) is 2.50. The number of nitrogens with one attached hydrogen (secondary N) is 1. The molecule has 0 aliphatic carbocycles. The number of carbonyl (C=O) groups is 1. The van der Waals surface area contributed by atoms with Crippen LogP contribution in [0, 0.1) is 0 Å². The van der Waals surface area contributed by atoms with Gasteiger partial charge in [-0.1, -0.05) is 45.9 Å². The lowest BCUT2D eigenvalue weighted by Gasteiger charge is -2.32. The molecule has 0 radical (unpaired) electrons. The Morgan fingerprint density at radius 1 is 0.957 bits per heavy atom. The van der Waals surface area contributed by atoms with Crippen LogP contribution in [0.25, 0.3) is 0 Å². The first-order valence-electron chi connectivity index (χ1n) is 7.98. The predicted molar refractivity (Wildman–Crippen MR) is 104 cm³/mol. The third-order valence-corrected chi connectivity index (χ3v) is 3.92. The van der Waals surface area contributed by atoms with Crippen molar-refractivity contribution in [1.29, 1.82) is 0 Å². The molecule has 0 saturated heterocycles. The number of nitrogens with zero attached hydrogens (tertiary/aromatic N) is 2. The van der Waals surface area contributed by atoms with Gasteiger partial charge in [-0.25, -0.2) is 0 Å². The highest BCUT2D eigenvalue weighted by atomic mass is 35.5. The van der Waals surface area contributed by atoms with E-state index in [1.807, 2.05) is 30.3 Å². The molecule has 1 rings (SSSR count). The Balaban J connectivity index is 0. The van der Waals surface area contributed by atoms with E-state index >= 15 is 0 Å². The van der Waals surface area contributed by atoms with Crippen LogP contribution in [-0.2, 0) is 4.79 Å². The molecule has 1 amide bonds. The number of halogens is 2. The number of hydrogen-bond acceptors (Lipinski definition) is 3. The molecule has 0 aliphatic rings. The molecule has 0 aromatic heterocycles. The van der Waals surface area contributed by atoms with E-state index in [0.717, 1.165) is 38.4 Å². The summed E-state index contributed by atoms with van der Waals surface area (Å²) in [5.74, 6) is 0.0804. The number of rotatable bonds is 9.